The Balaban J connectivity index is 2.20. The van der Waals surface area contributed by atoms with Crippen LogP contribution in [0.2, 0.25) is 0 Å². The zero-order valence-corrected chi connectivity index (χ0v) is 11.8. The first-order chi connectivity index (χ1) is 9.85. The first-order valence-electron chi connectivity index (χ1n) is 6.71. The largest absolute Gasteiger partial charge is 0.382 e. The van der Waals surface area contributed by atoms with Gasteiger partial charge in [-0.05, 0) is 37.6 Å². The molecule has 0 atom stereocenters. The summed E-state index contributed by atoms with van der Waals surface area (Å²) in [6.45, 7) is 4.03. The number of para-hydroxylation sites is 2. The summed E-state index contributed by atoms with van der Waals surface area (Å²) in [4.78, 5) is 5.73. The van der Waals surface area contributed by atoms with Gasteiger partial charge < -0.3 is 4.84 Å². The first-order valence-corrected chi connectivity index (χ1v) is 6.71. The van der Waals surface area contributed by atoms with E-state index in [-0.39, 0.29) is 0 Å². The second kappa shape index (κ2) is 7.19. The standard InChI is InChI=1S/C18H19NO/c1-3-10-15(4-2)17-13-8-9-14-18(17)20-19-16-11-6-5-7-12-16/h3-14,19H,1-2H3/b10-3-,15-4+. The average Bonchev–Trinajstić information content (AvgIpc) is 2.52. The lowest BCUT2D eigenvalue weighted by Gasteiger charge is -2.12. The van der Waals surface area contributed by atoms with E-state index in [1.54, 1.807) is 0 Å². The number of nitrogens with one attached hydrogen (secondary N) is 1. The second-order valence-electron chi connectivity index (χ2n) is 4.31. The minimum absolute atomic E-state index is 0.808. The number of anilines is 1. The fourth-order valence-corrected chi connectivity index (χ4v) is 1.94. The molecule has 0 saturated carbocycles. The Hall–Kier alpha value is -2.48. The van der Waals surface area contributed by atoms with Crippen molar-refractivity contribution in [3.8, 4) is 5.75 Å². The van der Waals surface area contributed by atoms with Crippen LogP contribution in [0.1, 0.15) is 19.4 Å². The van der Waals surface area contributed by atoms with Gasteiger partial charge in [-0.25, -0.2) is 5.48 Å². The van der Waals surface area contributed by atoms with Gasteiger partial charge in [-0.3, -0.25) is 0 Å². The van der Waals surface area contributed by atoms with Gasteiger partial charge in [0.1, 0.15) is 0 Å². The van der Waals surface area contributed by atoms with Crippen molar-refractivity contribution in [1.29, 1.82) is 0 Å². The van der Waals surface area contributed by atoms with E-state index in [2.05, 4.69) is 23.7 Å². The minimum atomic E-state index is 0.808. The molecular weight excluding hydrogens is 246 g/mol. The topological polar surface area (TPSA) is 21.3 Å². The zero-order valence-electron chi connectivity index (χ0n) is 11.8. The Morgan fingerprint density at radius 1 is 0.950 bits per heavy atom. The van der Waals surface area contributed by atoms with Gasteiger partial charge in [0.2, 0.25) is 0 Å². The quantitative estimate of drug-likeness (QED) is 0.602. The van der Waals surface area contributed by atoms with Crippen LogP contribution in [0, 0.1) is 0 Å². The Morgan fingerprint density at radius 3 is 2.35 bits per heavy atom. The molecule has 0 aliphatic rings. The van der Waals surface area contributed by atoms with Gasteiger partial charge >= 0.3 is 0 Å². The molecule has 0 unspecified atom stereocenters. The summed E-state index contributed by atoms with van der Waals surface area (Å²) < 4.78 is 0. The molecule has 0 aromatic heterocycles. The molecule has 0 aliphatic carbocycles. The van der Waals surface area contributed by atoms with Crippen molar-refractivity contribution in [3.05, 3.63) is 78.4 Å². The van der Waals surface area contributed by atoms with E-state index in [4.69, 9.17) is 4.84 Å². The number of rotatable bonds is 5. The molecule has 0 fully saturated rings. The third kappa shape index (κ3) is 3.51. The van der Waals surface area contributed by atoms with E-state index in [0.29, 0.717) is 0 Å². The van der Waals surface area contributed by atoms with Crippen molar-refractivity contribution in [1.82, 2.24) is 0 Å². The van der Waals surface area contributed by atoms with Crippen molar-refractivity contribution in [2.75, 3.05) is 5.48 Å². The van der Waals surface area contributed by atoms with E-state index in [0.717, 1.165) is 22.6 Å². The van der Waals surface area contributed by atoms with Gasteiger partial charge in [-0.15, -0.1) is 0 Å². The number of hydrogen-bond donors (Lipinski definition) is 1. The smallest absolute Gasteiger partial charge is 0.162 e. The maximum atomic E-state index is 5.73. The van der Waals surface area contributed by atoms with Gasteiger partial charge in [0.25, 0.3) is 0 Å². The van der Waals surface area contributed by atoms with Crippen LogP contribution in [0.4, 0.5) is 5.69 Å². The monoisotopic (exact) mass is 265 g/mol. The van der Waals surface area contributed by atoms with Gasteiger partial charge in [-0.2, -0.15) is 0 Å². The molecule has 0 spiro atoms. The molecule has 0 heterocycles. The average molecular weight is 265 g/mol. The van der Waals surface area contributed by atoms with Crippen LogP contribution in [0.3, 0.4) is 0 Å². The predicted octanol–water partition coefficient (Wildman–Crippen LogP) is 5.07. The molecule has 1 N–H and O–H groups in total. The molecule has 0 radical (unpaired) electrons. The molecule has 0 bridgehead atoms. The van der Waals surface area contributed by atoms with Crippen LogP contribution in [0.25, 0.3) is 5.57 Å². The maximum Gasteiger partial charge on any atom is 0.162 e. The molecule has 0 amide bonds. The Labute approximate surface area is 120 Å². The molecule has 2 heteroatoms. The minimum Gasteiger partial charge on any atom is -0.382 e. The van der Waals surface area contributed by atoms with Crippen molar-refractivity contribution in [3.63, 3.8) is 0 Å². The second-order valence-corrected chi connectivity index (χ2v) is 4.31. The van der Waals surface area contributed by atoms with Crippen molar-refractivity contribution >= 4 is 11.3 Å². The van der Waals surface area contributed by atoms with Crippen LogP contribution in [0.5, 0.6) is 5.75 Å². The highest BCUT2D eigenvalue weighted by Gasteiger charge is 2.06. The van der Waals surface area contributed by atoms with E-state index >= 15 is 0 Å². The van der Waals surface area contributed by atoms with Crippen molar-refractivity contribution < 1.29 is 4.84 Å². The summed E-state index contributed by atoms with van der Waals surface area (Å²) in [5, 5.41) is 0. The maximum absolute atomic E-state index is 5.73. The van der Waals surface area contributed by atoms with Gasteiger partial charge in [0, 0.05) is 5.56 Å². The van der Waals surface area contributed by atoms with E-state index < -0.39 is 0 Å². The highest BCUT2D eigenvalue weighted by Crippen LogP contribution is 2.27. The fraction of sp³-hybridized carbons (Fsp3) is 0.111. The highest BCUT2D eigenvalue weighted by atomic mass is 16.6. The van der Waals surface area contributed by atoms with Gasteiger partial charge in [-0.1, -0.05) is 54.6 Å². The summed E-state index contributed by atoms with van der Waals surface area (Å²) in [5.41, 5.74) is 6.10. The molecule has 20 heavy (non-hydrogen) atoms. The molecule has 2 rings (SSSR count). The number of hydrogen-bond acceptors (Lipinski definition) is 2. The number of benzene rings is 2. The highest BCUT2D eigenvalue weighted by molar-refractivity contribution is 5.77. The summed E-state index contributed by atoms with van der Waals surface area (Å²) in [6, 6.07) is 17.8. The Bertz CT molecular complexity index is 600. The van der Waals surface area contributed by atoms with Crippen LogP contribution in [0.15, 0.2) is 72.8 Å². The van der Waals surface area contributed by atoms with Gasteiger partial charge in [0.15, 0.2) is 5.75 Å². The molecular formula is C18H19NO. The molecule has 2 aromatic carbocycles. The third-order valence-corrected chi connectivity index (χ3v) is 2.91. The molecule has 2 nitrogen and oxygen atoms in total. The molecule has 0 aliphatic heterocycles. The lowest BCUT2D eigenvalue weighted by molar-refractivity contribution is 0.404. The summed E-state index contributed by atoms with van der Waals surface area (Å²) in [6.07, 6.45) is 6.17. The predicted molar refractivity (Wildman–Crippen MR) is 85.6 cm³/mol. The summed E-state index contributed by atoms with van der Waals surface area (Å²) in [7, 11) is 0. The lowest BCUT2D eigenvalue weighted by atomic mass is 10.0. The van der Waals surface area contributed by atoms with Crippen LogP contribution in [-0.4, -0.2) is 0 Å². The first kappa shape index (κ1) is 13.9. The fourth-order valence-electron chi connectivity index (χ4n) is 1.94. The van der Waals surface area contributed by atoms with Crippen molar-refractivity contribution in [2.45, 2.75) is 13.8 Å². The van der Waals surface area contributed by atoms with Crippen LogP contribution in [-0.2, 0) is 0 Å². The number of allylic oxidation sites excluding steroid dienone is 4. The Kier molecular flexibility index (Phi) is 5.01. The lowest BCUT2D eigenvalue weighted by Crippen LogP contribution is -2.06. The normalized spacial score (nSPS) is 11.6. The summed E-state index contributed by atoms with van der Waals surface area (Å²) >= 11 is 0. The zero-order chi connectivity index (χ0) is 14.2. The third-order valence-electron chi connectivity index (χ3n) is 2.91. The van der Waals surface area contributed by atoms with E-state index in [1.807, 2.05) is 68.5 Å². The van der Waals surface area contributed by atoms with E-state index in [9.17, 15) is 0 Å². The van der Waals surface area contributed by atoms with Gasteiger partial charge in [0.05, 0.1) is 5.69 Å². The molecule has 2 aromatic rings. The van der Waals surface area contributed by atoms with Crippen LogP contribution >= 0.6 is 0 Å². The summed E-state index contributed by atoms with van der Waals surface area (Å²) in [5.74, 6) is 0.808. The Morgan fingerprint density at radius 2 is 1.65 bits per heavy atom. The van der Waals surface area contributed by atoms with Crippen LogP contribution < -0.4 is 10.3 Å². The molecule has 0 saturated heterocycles. The van der Waals surface area contributed by atoms with E-state index in [1.165, 1.54) is 0 Å². The molecule has 102 valence electrons. The SMILES string of the molecule is C/C=C\C(=C/C)c1ccccc1ONc1ccccc1. The van der Waals surface area contributed by atoms with Crippen molar-refractivity contribution in [2.24, 2.45) is 0 Å².